The summed E-state index contributed by atoms with van der Waals surface area (Å²) in [6, 6.07) is 13.7. The van der Waals surface area contributed by atoms with E-state index in [2.05, 4.69) is 19.1 Å². The van der Waals surface area contributed by atoms with Crippen LogP contribution in [0.2, 0.25) is 0 Å². The van der Waals surface area contributed by atoms with Crippen LogP contribution in [0.25, 0.3) is 0 Å². The molecule has 0 aliphatic heterocycles. The molecule has 0 aliphatic carbocycles. The number of Topliss-reactive ketones (excluding diaryl/α,β-unsaturated/α-hetero) is 1. The second-order valence-corrected chi connectivity index (χ2v) is 4.84. The number of carbonyl (C=O) groups excluding carboxylic acids is 1. The summed E-state index contributed by atoms with van der Waals surface area (Å²) in [5.74, 6) is 0.107. The van der Waals surface area contributed by atoms with Gasteiger partial charge in [0.15, 0.2) is 5.78 Å². The highest BCUT2D eigenvalue weighted by Gasteiger charge is 2.08. The molecule has 2 aromatic carbocycles. The first-order valence-corrected chi connectivity index (χ1v) is 6.57. The minimum Gasteiger partial charge on any atom is -0.398 e. The fraction of sp³-hybridized carbons (Fsp3) is 0.235. The monoisotopic (exact) mass is 253 g/mol. The van der Waals surface area contributed by atoms with E-state index >= 15 is 0 Å². The summed E-state index contributed by atoms with van der Waals surface area (Å²) >= 11 is 0. The lowest BCUT2D eigenvalue weighted by Crippen LogP contribution is -2.05. The molecule has 98 valence electrons. The van der Waals surface area contributed by atoms with Crippen LogP contribution in [-0.2, 0) is 12.8 Å². The summed E-state index contributed by atoms with van der Waals surface area (Å²) in [5, 5.41) is 0. The Kier molecular flexibility index (Phi) is 4.00. The number of hydrogen-bond donors (Lipinski definition) is 1. The van der Waals surface area contributed by atoms with E-state index < -0.39 is 0 Å². The fourth-order valence-electron chi connectivity index (χ4n) is 1.99. The summed E-state index contributed by atoms with van der Waals surface area (Å²) in [6.07, 6.45) is 1.44. The number of ketones is 1. The van der Waals surface area contributed by atoms with Gasteiger partial charge in [0.1, 0.15) is 0 Å². The quantitative estimate of drug-likeness (QED) is 0.668. The molecule has 0 fully saturated rings. The molecule has 0 amide bonds. The summed E-state index contributed by atoms with van der Waals surface area (Å²) in [5.41, 5.74) is 10.5. The zero-order chi connectivity index (χ0) is 13.8. The minimum atomic E-state index is 0.107. The first-order chi connectivity index (χ1) is 9.10. The molecular weight excluding hydrogens is 234 g/mol. The Morgan fingerprint density at radius 1 is 1.05 bits per heavy atom. The molecule has 0 aromatic heterocycles. The first-order valence-electron chi connectivity index (χ1n) is 6.57. The number of aryl methyl sites for hydroxylation is 2. The molecule has 2 nitrogen and oxygen atoms in total. The second kappa shape index (κ2) is 5.70. The zero-order valence-corrected chi connectivity index (χ0v) is 11.4. The zero-order valence-electron chi connectivity index (χ0n) is 11.4. The van der Waals surface area contributed by atoms with Gasteiger partial charge in [-0.2, -0.15) is 0 Å². The summed E-state index contributed by atoms with van der Waals surface area (Å²) in [6.45, 7) is 4.06. The predicted molar refractivity (Wildman–Crippen MR) is 79.4 cm³/mol. The standard InChI is InChI=1S/C17H19NO/c1-3-13-5-7-14(8-6-13)10-17(19)15-9-4-12(2)16(18)11-15/h4-9,11H,3,10,18H2,1-2H3. The van der Waals surface area contributed by atoms with Gasteiger partial charge in [-0.1, -0.05) is 43.3 Å². The van der Waals surface area contributed by atoms with Crippen LogP contribution in [0.1, 0.15) is 34.0 Å². The van der Waals surface area contributed by atoms with Crippen LogP contribution in [0.15, 0.2) is 42.5 Å². The molecule has 0 saturated heterocycles. The van der Waals surface area contributed by atoms with Crippen molar-refractivity contribution in [3.05, 3.63) is 64.7 Å². The Bertz CT molecular complexity index is 585. The van der Waals surface area contributed by atoms with E-state index in [0.29, 0.717) is 17.7 Å². The number of rotatable bonds is 4. The number of benzene rings is 2. The Labute approximate surface area is 114 Å². The topological polar surface area (TPSA) is 43.1 Å². The lowest BCUT2D eigenvalue weighted by molar-refractivity contribution is 0.0993. The van der Waals surface area contributed by atoms with Crippen LogP contribution in [0.3, 0.4) is 0 Å². The van der Waals surface area contributed by atoms with Crippen molar-refractivity contribution in [1.29, 1.82) is 0 Å². The Morgan fingerprint density at radius 2 is 1.68 bits per heavy atom. The second-order valence-electron chi connectivity index (χ2n) is 4.84. The van der Waals surface area contributed by atoms with Gasteiger partial charge < -0.3 is 5.73 Å². The normalized spacial score (nSPS) is 10.4. The Balaban J connectivity index is 2.13. The van der Waals surface area contributed by atoms with E-state index in [-0.39, 0.29) is 5.78 Å². The molecule has 2 N–H and O–H groups in total. The van der Waals surface area contributed by atoms with Gasteiger partial charge in [-0.25, -0.2) is 0 Å². The first kappa shape index (κ1) is 13.3. The molecule has 0 atom stereocenters. The van der Waals surface area contributed by atoms with Gasteiger partial charge in [0.2, 0.25) is 0 Å². The highest BCUT2D eigenvalue weighted by atomic mass is 16.1. The maximum absolute atomic E-state index is 12.2. The molecule has 0 spiro atoms. The maximum Gasteiger partial charge on any atom is 0.167 e. The molecule has 2 rings (SSSR count). The Hall–Kier alpha value is -2.09. The third-order valence-electron chi connectivity index (χ3n) is 3.40. The van der Waals surface area contributed by atoms with E-state index in [1.165, 1.54) is 5.56 Å². The third-order valence-corrected chi connectivity index (χ3v) is 3.40. The van der Waals surface area contributed by atoms with Crippen molar-refractivity contribution in [2.24, 2.45) is 0 Å². The summed E-state index contributed by atoms with van der Waals surface area (Å²) < 4.78 is 0. The average molecular weight is 253 g/mol. The lowest BCUT2D eigenvalue weighted by atomic mass is 10.00. The van der Waals surface area contributed by atoms with E-state index in [0.717, 1.165) is 17.5 Å². The van der Waals surface area contributed by atoms with Crippen molar-refractivity contribution in [1.82, 2.24) is 0 Å². The molecular formula is C17H19NO. The van der Waals surface area contributed by atoms with Crippen LogP contribution in [0.4, 0.5) is 5.69 Å². The molecule has 0 saturated carbocycles. The van der Waals surface area contributed by atoms with Gasteiger partial charge in [0.25, 0.3) is 0 Å². The Morgan fingerprint density at radius 3 is 2.26 bits per heavy atom. The number of nitrogen functional groups attached to an aromatic ring is 1. The highest BCUT2D eigenvalue weighted by Crippen LogP contribution is 2.15. The van der Waals surface area contributed by atoms with Crippen molar-refractivity contribution >= 4 is 11.5 Å². The van der Waals surface area contributed by atoms with Crippen molar-refractivity contribution in [2.75, 3.05) is 5.73 Å². The van der Waals surface area contributed by atoms with Crippen LogP contribution in [0, 0.1) is 6.92 Å². The number of hydrogen-bond acceptors (Lipinski definition) is 2. The molecule has 0 radical (unpaired) electrons. The van der Waals surface area contributed by atoms with Crippen LogP contribution < -0.4 is 5.73 Å². The maximum atomic E-state index is 12.2. The molecule has 0 heterocycles. The van der Waals surface area contributed by atoms with E-state index in [1.807, 2.05) is 31.2 Å². The average Bonchev–Trinajstić information content (AvgIpc) is 2.42. The van der Waals surface area contributed by atoms with Gasteiger partial charge >= 0.3 is 0 Å². The minimum absolute atomic E-state index is 0.107. The number of nitrogens with two attached hydrogens (primary N) is 1. The van der Waals surface area contributed by atoms with E-state index in [4.69, 9.17) is 5.73 Å². The molecule has 0 aliphatic rings. The molecule has 2 heteroatoms. The third kappa shape index (κ3) is 3.22. The van der Waals surface area contributed by atoms with Gasteiger partial charge in [-0.15, -0.1) is 0 Å². The van der Waals surface area contributed by atoms with Gasteiger partial charge in [0.05, 0.1) is 0 Å². The van der Waals surface area contributed by atoms with Crippen molar-refractivity contribution < 1.29 is 4.79 Å². The summed E-state index contributed by atoms with van der Waals surface area (Å²) in [4.78, 5) is 12.2. The SMILES string of the molecule is CCc1ccc(CC(=O)c2ccc(C)c(N)c2)cc1. The lowest BCUT2D eigenvalue weighted by Gasteiger charge is -2.05. The van der Waals surface area contributed by atoms with Crippen molar-refractivity contribution in [3.8, 4) is 0 Å². The van der Waals surface area contributed by atoms with Gasteiger partial charge in [0, 0.05) is 17.7 Å². The molecule has 2 aromatic rings. The van der Waals surface area contributed by atoms with E-state index in [1.54, 1.807) is 6.07 Å². The fourth-order valence-corrected chi connectivity index (χ4v) is 1.99. The number of anilines is 1. The van der Waals surface area contributed by atoms with Crippen LogP contribution >= 0.6 is 0 Å². The van der Waals surface area contributed by atoms with Crippen LogP contribution in [-0.4, -0.2) is 5.78 Å². The van der Waals surface area contributed by atoms with Crippen molar-refractivity contribution in [3.63, 3.8) is 0 Å². The van der Waals surface area contributed by atoms with E-state index in [9.17, 15) is 4.79 Å². The smallest absolute Gasteiger partial charge is 0.167 e. The van der Waals surface area contributed by atoms with Gasteiger partial charge in [-0.05, 0) is 36.1 Å². The molecule has 0 unspecified atom stereocenters. The predicted octanol–water partition coefficient (Wildman–Crippen LogP) is 3.57. The van der Waals surface area contributed by atoms with Crippen molar-refractivity contribution in [2.45, 2.75) is 26.7 Å². The van der Waals surface area contributed by atoms with Crippen LogP contribution in [0.5, 0.6) is 0 Å². The molecule has 19 heavy (non-hydrogen) atoms. The summed E-state index contributed by atoms with van der Waals surface area (Å²) in [7, 11) is 0. The number of carbonyl (C=O) groups is 1. The molecule has 0 bridgehead atoms. The highest BCUT2D eigenvalue weighted by molar-refractivity contribution is 5.98. The largest absolute Gasteiger partial charge is 0.398 e. The van der Waals surface area contributed by atoms with Gasteiger partial charge in [-0.3, -0.25) is 4.79 Å².